The minimum Gasteiger partial charge on any atom is -0.355 e. The Kier molecular flexibility index (Phi) is 4.47. The number of hydrogen-bond acceptors (Lipinski definition) is 4. The lowest BCUT2D eigenvalue weighted by molar-refractivity contribution is 0.0954. The molecule has 0 fully saturated rings. The van der Waals surface area contributed by atoms with Crippen LogP contribution in [-0.2, 0) is 6.42 Å². The van der Waals surface area contributed by atoms with Gasteiger partial charge >= 0.3 is 0 Å². The molecular weight excluding hydrogens is 290 g/mol. The van der Waals surface area contributed by atoms with E-state index in [9.17, 15) is 4.79 Å². The summed E-state index contributed by atoms with van der Waals surface area (Å²) in [6, 6.07) is 13.4. The highest BCUT2D eigenvalue weighted by atomic mass is 16.5. The summed E-state index contributed by atoms with van der Waals surface area (Å²) in [5, 5.41) is 6.85. The predicted molar refractivity (Wildman–Crippen MR) is 87.0 cm³/mol. The van der Waals surface area contributed by atoms with E-state index < -0.39 is 0 Å². The number of aryl methyl sites for hydroxylation is 1. The van der Waals surface area contributed by atoms with Crippen LogP contribution in [0.25, 0.3) is 11.3 Å². The molecule has 1 aromatic carbocycles. The van der Waals surface area contributed by atoms with Gasteiger partial charge in [-0.05, 0) is 25.0 Å². The summed E-state index contributed by atoms with van der Waals surface area (Å²) in [5.74, 6) is 0.327. The summed E-state index contributed by atoms with van der Waals surface area (Å²) in [6.45, 7) is 2.30. The number of nitrogens with one attached hydrogen (secondary N) is 1. The van der Waals surface area contributed by atoms with Crippen LogP contribution in [0.15, 0.2) is 59.4 Å². The van der Waals surface area contributed by atoms with Gasteiger partial charge in [0, 0.05) is 24.5 Å². The van der Waals surface area contributed by atoms with Crippen molar-refractivity contribution in [1.82, 2.24) is 15.5 Å². The van der Waals surface area contributed by atoms with Crippen molar-refractivity contribution in [3.05, 3.63) is 71.7 Å². The van der Waals surface area contributed by atoms with E-state index in [1.807, 2.05) is 42.5 Å². The molecule has 116 valence electrons. The predicted octanol–water partition coefficient (Wildman–Crippen LogP) is 3.02. The van der Waals surface area contributed by atoms with Crippen molar-refractivity contribution >= 4 is 5.91 Å². The molecule has 0 unspecified atom stereocenters. The first-order valence-electron chi connectivity index (χ1n) is 7.44. The van der Waals surface area contributed by atoms with Crippen molar-refractivity contribution in [2.24, 2.45) is 0 Å². The van der Waals surface area contributed by atoms with E-state index in [2.05, 4.69) is 15.5 Å². The summed E-state index contributed by atoms with van der Waals surface area (Å²) in [4.78, 5) is 16.5. The molecule has 0 radical (unpaired) electrons. The molecule has 5 heteroatoms. The van der Waals surface area contributed by atoms with Crippen molar-refractivity contribution in [3.8, 4) is 11.3 Å². The van der Waals surface area contributed by atoms with E-state index in [0.717, 1.165) is 17.5 Å². The number of carbonyl (C=O) groups is 1. The first-order valence-corrected chi connectivity index (χ1v) is 7.44. The fraction of sp³-hybridized carbons (Fsp3) is 0.167. The van der Waals surface area contributed by atoms with E-state index in [4.69, 9.17) is 4.52 Å². The molecular formula is C18H17N3O2. The molecule has 0 aliphatic heterocycles. The molecule has 3 aromatic rings. The third-order valence-electron chi connectivity index (χ3n) is 3.55. The van der Waals surface area contributed by atoms with Gasteiger partial charge in [0.05, 0.1) is 5.69 Å². The smallest absolute Gasteiger partial charge is 0.257 e. The van der Waals surface area contributed by atoms with Gasteiger partial charge in [-0.25, -0.2) is 0 Å². The lowest BCUT2D eigenvalue weighted by atomic mass is 10.1. The highest BCUT2D eigenvalue weighted by molar-refractivity contribution is 6.00. The number of benzene rings is 1. The lowest BCUT2D eigenvalue weighted by Gasteiger charge is -2.06. The average molecular weight is 307 g/mol. The van der Waals surface area contributed by atoms with Gasteiger partial charge in [-0.1, -0.05) is 41.6 Å². The average Bonchev–Trinajstić information content (AvgIpc) is 2.98. The van der Waals surface area contributed by atoms with Gasteiger partial charge in [-0.15, -0.1) is 0 Å². The Morgan fingerprint density at radius 3 is 2.74 bits per heavy atom. The zero-order valence-corrected chi connectivity index (χ0v) is 12.8. The molecule has 0 saturated carbocycles. The monoisotopic (exact) mass is 307 g/mol. The Bertz CT molecular complexity index is 783. The Balaban J connectivity index is 1.71. The second-order valence-corrected chi connectivity index (χ2v) is 5.21. The van der Waals surface area contributed by atoms with Gasteiger partial charge in [0.25, 0.3) is 5.91 Å². The molecule has 0 bridgehead atoms. The fourth-order valence-electron chi connectivity index (χ4n) is 2.38. The molecule has 2 heterocycles. The van der Waals surface area contributed by atoms with E-state index in [1.54, 1.807) is 19.3 Å². The molecule has 0 spiro atoms. The highest BCUT2D eigenvalue weighted by Gasteiger charge is 2.21. The maximum absolute atomic E-state index is 12.5. The van der Waals surface area contributed by atoms with Crippen molar-refractivity contribution in [3.63, 3.8) is 0 Å². The van der Waals surface area contributed by atoms with Crippen LogP contribution in [-0.4, -0.2) is 22.6 Å². The summed E-state index contributed by atoms with van der Waals surface area (Å²) < 4.78 is 5.35. The zero-order valence-electron chi connectivity index (χ0n) is 12.8. The van der Waals surface area contributed by atoms with Crippen molar-refractivity contribution < 1.29 is 9.32 Å². The Hall–Kier alpha value is -2.95. The second kappa shape index (κ2) is 6.87. The highest BCUT2D eigenvalue weighted by Crippen LogP contribution is 2.25. The third kappa shape index (κ3) is 3.45. The SMILES string of the molecule is Cc1noc(-c2ccccc2)c1C(=O)NCCc1cccnc1. The van der Waals surface area contributed by atoms with E-state index in [-0.39, 0.29) is 5.91 Å². The Labute approximate surface area is 134 Å². The number of nitrogens with zero attached hydrogens (tertiary/aromatic N) is 2. The van der Waals surface area contributed by atoms with Crippen LogP contribution < -0.4 is 5.32 Å². The third-order valence-corrected chi connectivity index (χ3v) is 3.55. The van der Waals surface area contributed by atoms with E-state index in [1.165, 1.54) is 0 Å². The molecule has 0 atom stereocenters. The molecule has 1 N–H and O–H groups in total. The molecule has 2 aromatic heterocycles. The van der Waals surface area contributed by atoms with Gasteiger partial charge in [-0.3, -0.25) is 9.78 Å². The summed E-state index contributed by atoms with van der Waals surface area (Å²) >= 11 is 0. The van der Waals surface area contributed by atoms with Crippen molar-refractivity contribution in [2.75, 3.05) is 6.54 Å². The molecule has 3 rings (SSSR count). The minimum atomic E-state index is -0.175. The van der Waals surface area contributed by atoms with Crippen LogP contribution in [0.1, 0.15) is 21.6 Å². The normalized spacial score (nSPS) is 10.5. The number of hydrogen-bond donors (Lipinski definition) is 1. The topological polar surface area (TPSA) is 68.0 Å². The van der Waals surface area contributed by atoms with Gasteiger partial charge in [-0.2, -0.15) is 0 Å². The minimum absolute atomic E-state index is 0.175. The lowest BCUT2D eigenvalue weighted by Crippen LogP contribution is -2.26. The Morgan fingerprint density at radius 2 is 2.00 bits per heavy atom. The number of aromatic nitrogens is 2. The number of carbonyl (C=O) groups excluding carboxylic acids is 1. The van der Waals surface area contributed by atoms with Gasteiger partial charge in [0.1, 0.15) is 5.56 Å². The summed E-state index contributed by atoms with van der Waals surface area (Å²) in [6.07, 6.45) is 4.26. The maximum Gasteiger partial charge on any atom is 0.257 e. The number of amides is 1. The first-order chi connectivity index (χ1) is 11.3. The largest absolute Gasteiger partial charge is 0.355 e. The number of pyridine rings is 1. The first kappa shape index (κ1) is 15.0. The van der Waals surface area contributed by atoms with E-state index >= 15 is 0 Å². The van der Waals surface area contributed by atoms with Crippen LogP contribution in [0, 0.1) is 6.92 Å². The van der Waals surface area contributed by atoms with Crippen LogP contribution >= 0.6 is 0 Å². The van der Waals surface area contributed by atoms with Gasteiger partial charge in [0.2, 0.25) is 0 Å². The van der Waals surface area contributed by atoms with Crippen LogP contribution in [0.5, 0.6) is 0 Å². The Morgan fingerprint density at radius 1 is 1.17 bits per heavy atom. The van der Waals surface area contributed by atoms with Crippen LogP contribution in [0.3, 0.4) is 0 Å². The molecule has 0 saturated heterocycles. The zero-order chi connectivity index (χ0) is 16.1. The summed E-state index contributed by atoms with van der Waals surface area (Å²) in [5.41, 5.74) is 2.99. The standard InChI is InChI=1S/C18H17N3O2/c1-13-16(17(23-21-13)15-7-3-2-4-8-15)18(22)20-11-9-14-6-5-10-19-12-14/h2-8,10,12H,9,11H2,1H3,(H,20,22). The second-order valence-electron chi connectivity index (χ2n) is 5.21. The van der Waals surface area contributed by atoms with Gasteiger partial charge in [0.15, 0.2) is 5.76 Å². The maximum atomic E-state index is 12.5. The molecule has 0 aliphatic rings. The van der Waals surface area contributed by atoms with Crippen molar-refractivity contribution in [1.29, 1.82) is 0 Å². The van der Waals surface area contributed by atoms with Crippen molar-refractivity contribution in [2.45, 2.75) is 13.3 Å². The van der Waals surface area contributed by atoms with E-state index in [0.29, 0.717) is 23.6 Å². The molecule has 0 aliphatic carbocycles. The van der Waals surface area contributed by atoms with Crippen LogP contribution in [0.4, 0.5) is 0 Å². The fourth-order valence-corrected chi connectivity index (χ4v) is 2.38. The quantitative estimate of drug-likeness (QED) is 0.786. The molecule has 1 amide bonds. The number of rotatable bonds is 5. The van der Waals surface area contributed by atoms with Gasteiger partial charge < -0.3 is 9.84 Å². The molecule has 23 heavy (non-hydrogen) atoms. The molecule has 5 nitrogen and oxygen atoms in total. The summed E-state index contributed by atoms with van der Waals surface area (Å²) in [7, 11) is 0. The van der Waals surface area contributed by atoms with Crippen LogP contribution in [0.2, 0.25) is 0 Å².